The Morgan fingerprint density at radius 2 is 1.45 bits per heavy atom. The molecule has 0 spiro atoms. The lowest BCUT2D eigenvalue weighted by molar-refractivity contribution is 0.0697. The number of ether oxygens (including phenoxy) is 1. The molecule has 0 saturated carbocycles. The summed E-state index contributed by atoms with van der Waals surface area (Å²) in [6.45, 7) is 2.18. The second-order valence-corrected chi connectivity index (χ2v) is 8.76. The molecule has 33 heavy (non-hydrogen) atoms. The van der Waals surface area contributed by atoms with E-state index in [-0.39, 0.29) is 11.8 Å². The third-order valence-corrected chi connectivity index (χ3v) is 6.50. The van der Waals surface area contributed by atoms with Crippen molar-refractivity contribution in [1.29, 1.82) is 0 Å². The van der Waals surface area contributed by atoms with Gasteiger partial charge in [-0.15, -0.1) is 0 Å². The number of hydrogen-bond acceptors (Lipinski definition) is 2. The van der Waals surface area contributed by atoms with Gasteiger partial charge in [0.05, 0.1) is 12.7 Å². The Morgan fingerprint density at radius 1 is 0.848 bits per heavy atom. The van der Waals surface area contributed by atoms with Crippen LogP contribution in [0, 0.1) is 0 Å². The Hall–Kier alpha value is -3.30. The normalized spacial score (nSPS) is 12.9. The lowest BCUT2D eigenvalue weighted by Gasteiger charge is -2.29. The van der Waals surface area contributed by atoms with E-state index in [0.717, 1.165) is 34.9 Å². The lowest BCUT2D eigenvalue weighted by atomic mass is 9.74. The average Bonchev–Trinajstić information content (AvgIpc) is 2.84. The molecule has 4 aromatic carbocycles. The monoisotopic (exact) mass is 458 g/mol. The molecule has 0 radical (unpaired) electrons. The molecule has 0 amide bonds. The number of aromatic carboxylic acids is 1. The van der Waals surface area contributed by atoms with Gasteiger partial charge in [-0.2, -0.15) is 0 Å². The molecule has 0 aliphatic heterocycles. The van der Waals surface area contributed by atoms with Crippen LogP contribution in [0.4, 0.5) is 0 Å². The molecule has 168 valence electrons. The average molecular weight is 459 g/mol. The fourth-order valence-corrected chi connectivity index (χ4v) is 4.73. The molecule has 0 bridgehead atoms. The zero-order valence-corrected chi connectivity index (χ0v) is 19.5. The van der Waals surface area contributed by atoms with E-state index in [2.05, 4.69) is 43.3 Å². The SMILES string of the molecule is CCC[C@H](c1ccc(C(=O)O)cc1)C(c1ccc(Cl)cc1)c1ccc2cc(OC)ccc2c1. The Kier molecular flexibility index (Phi) is 7.00. The first-order valence-electron chi connectivity index (χ1n) is 11.2. The molecular formula is C29H27ClO3. The number of carboxylic acid groups (broad SMARTS) is 1. The summed E-state index contributed by atoms with van der Waals surface area (Å²) in [5.74, 6) is 0.221. The summed E-state index contributed by atoms with van der Waals surface area (Å²) in [7, 11) is 1.68. The summed E-state index contributed by atoms with van der Waals surface area (Å²) in [4.78, 5) is 11.4. The van der Waals surface area contributed by atoms with Crippen LogP contribution >= 0.6 is 11.6 Å². The molecular weight excluding hydrogens is 432 g/mol. The van der Waals surface area contributed by atoms with Gasteiger partial charge in [0.15, 0.2) is 0 Å². The zero-order chi connectivity index (χ0) is 23.4. The highest BCUT2D eigenvalue weighted by atomic mass is 35.5. The van der Waals surface area contributed by atoms with E-state index in [9.17, 15) is 9.90 Å². The van der Waals surface area contributed by atoms with E-state index in [4.69, 9.17) is 16.3 Å². The number of methoxy groups -OCH3 is 1. The van der Waals surface area contributed by atoms with Crippen molar-refractivity contribution in [2.24, 2.45) is 0 Å². The van der Waals surface area contributed by atoms with Crippen LogP contribution in [0.5, 0.6) is 5.75 Å². The van der Waals surface area contributed by atoms with E-state index in [0.29, 0.717) is 10.6 Å². The van der Waals surface area contributed by atoms with Crippen molar-refractivity contribution >= 4 is 28.3 Å². The van der Waals surface area contributed by atoms with Gasteiger partial charge < -0.3 is 9.84 Å². The van der Waals surface area contributed by atoms with Gasteiger partial charge in [0.1, 0.15) is 5.75 Å². The molecule has 4 heteroatoms. The molecule has 0 aromatic heterocycles. The fraction of sp³-hybridized carbons (Fsp3) is 0.207. The van der Waals surface area contributed by atoms with Crippen LogP contribution in [-0.2, 0) is 0 Å². The zero-order valence-electron chi connectivity index (χ0n) is 18.8. The van der Waals surface area contributed by atoms with E-state index >= 15 is 0 Å². The number of benzene rings is 4. The van der Waals surface area contributed by atoms with Crippen LogP contribution in [0.25, 0.3) is 10.8 Å². The van der Waals surface area contributed by atoms with Crippen molar-refractivity contribution in [2.75, 3.05) is 7.11 Å². The van der Waals surface area contributed by atoms with Gasteiger partial charge in [0, 0.05) is 10.9 Å². The highest BCUT2D eigenvalue weighted by molar-refractivity contribution is 6.30. The van der Waals surface area contributed by atoms with Crippen LogP contribution in [0.1, 0.15) is 58.6 Å². The maximum absolute atomic E-state index is 11.4. The van der Waals surface area contributed by atoms with Gasteiger partial charge in [-0.1, -0.05) is 73.5 Å². The number of carboxylic acids is 1. The lowest BCUT2D eigenvalue weighted by Crippen LogP contribution is -2.14. The first-order chi connectivity index (χ1) is 16.0. The summed E-state index contributed by atoms with van der Waals surface area (Å²) in [6, 6.07) is 28.1. The van der Waals surface area contributed by atoms with Crippen molar-refractivity contribution < 1.29 is 14.6 Å². The number of fused-ring (bicyclic) bond motifs is 1. The molecule has 0 saturated heterocycles. The second-order valence-electron chi connectivity index (χ2n) is 8.32. The molecule has 1 unspecified atom stereocenters. The minimum absolute atomic E-state index is 0.101. The highest BCUT2D eigenvalue weighted by Gasteiger charge is 2.26. The van der Waals surface area contributed by atoms with Gasteiger partial charge in [0.25, 0.3) is 0 Å². The summed E-state index contributed by atoms with van der Waals surface area (Å²) in [5, 5.41) is 12.3. The van der Waals surface area contributed by atoms with Crippen molar-refractivity contribution in [1.82, 2.24) is 0 Å². The first kappa shape index (κ1) is 22.9. The van der Waals surface area contributed by atoms with Gasteiger partial charge in [-0.05, 0) is 76.2 Å². The molecule has 2 atom stereocenters. The van der Waals surface area contributed by atoms with E-state index in [1.807, 2.05) is 36.4 Å². The molecule has 0 aliphatic carbocycles. The largest absolute Gasteiger partial charge is 0.497 e. The quantitative estimate of drug-likeness (QED) is 0.291. The maximum Gasteiger partial charge on any atom is 0.335 e. The Labute approximate surface area is 199 Å². The van der Waals surface area contributed by atoms with Crippen LogP contribution in [0.15, 0.2) is 84.9 Å². The number of rotatable bonds is 8. The molecule has 4 aromatic rings. The predicted molar refractivity (Wildman–Crippen MR) is 135 cm³/mol. The van der Waals surface area contributed by atoms with Crippen molar-refractivity contribution in [3.63, 3.8) is 0 Å². The third kappa shape index (κ3) is 5.04. The van der Waals surface area contributed by atoms with E-state index in [1.54, 1.807) is 19.2 Å². The Balaban J connectivity index is 1.85. The van der Waals surface area contributed by atoms with Gasteiger partial charge in [-0.25, -0.2) is 4.79 Å². The number of hydrogen-bond donors (Lipinski definition) is 1. The summed E-state index contributed by atoms with van der Waals surface area (Å²) in [6.07, 6.45) is 1.99. The molecule has 0 heterocycles. The standard InChI is InChI=1S/C29H27ClO3/c1-3-4-27(19-5-7-21(8-6-19)29(31)32)28(20-11-14-25(30)15-12-20)24-10-9-23-18-26(33-2)16-13-22(23)17-24/h5-18,27-28H,3-4H2,1-2H3,(H,31,32)/t27-,28?/m1/s1. The molecule has 0 fully saturated rings. The number of halogens is 1. The molecule has 1 N–H and O–H groups in total. The van der Waals surface area contributed by atoms with Crippen LogP contribution in [-0.4, -0.2) is 18.2 Å². The molecule has 3 nitrogen and oxygen atoms in total. The smallest absolute Gasteiger partial charge is 0.335 e. The maximum atomic E-state index is 11.4. The van der Waals surface area contributed by atoms with Crippen molar-refractivity contribution in [3.05, 3.63) is 112 Å². The highest BCUT2D eigenvalue weighted by Crippen LogP contribution is 2.42. The fourth-order valence-electron chi connectivity index (χ4n) is 4.60. The van der Waals surface area contributed by atoms with Gasteiger partial charge in [0.2, 0.25) is 0 Å². The topological polar surface area (TPSA) is 46.5 Å². The van der Waals surface area contributed by atoms with E-state index in [1.165, 1.54) is 11.1 Å². The van der Waals surface area contributed by atoms with Gasteiger partial charge >= 0.3 is 5.97 Å². The van der Waals surface area contributed by atoms with Crippen LogP contribution in [0.2, 0.25) is 5.02 Å². The van der Waals surface area contributed by atoms with E-state index < -0.39 is 5.97 Å². The predicted octanol–water partition coefficient (Wildman–Crippen LogP) is 7.92. The van der Waals surface area contributed by atoms with Crippen LogP contribution < -0.4 is 4.74 Å². The summed E-state index contributed by atoms with van der Waals surface area (Å²) >= 11 is 6.21. The van der Waals surface area contributed by atoms with Crippen molar-refractivity contribution in [3.8, 4) is 5.75 Å². The Morgan fingerprint density at radius 3 is 2.09 bits per heavy atom. The first-order valence-corrected chi connectivity index (χ1v) is 11.5. The van der Waals surface area contributed by atoms with Gasteiger partial charge in [-0.3, -0.25) is 0 Å². The number of carbonyl (C=O) groups is 1. The Bertz CT molecular complexity index is 1250. The van der Waals surface area contributed by atoms with Crippen molar-refractivity contribution in [2.45, 2.75) is 31.6 Å². The summed E-state index contributed by atoms with van der Waals surface area (Å²) < 4.78 is 5.38. The minimum atomic E-state index is -0.909. The second kappa shape index (κ2) is 10.1. The third-order valence-electron chi connectivity index (χ3n) is 6.25. The molecule has 4 rings (SSSR count). The molecule has 0 aliphatic rings. The minimum Gasteiger partial charge on any atom is -0.497 e. The summed E-state index contributed by atoms with van der Waals surface area (Å²) in [5.41, 5.74) is 3.84. The van der Waals surface area contributed by atoms with Crippen LogP contribution in [0.3, 0.4) is 0 Å².